The van der Waals surface area contributed by atoms with Gasteiger partial charge in [0.15, 0.2) is 0 Å². The average molecular weight is 298 g/mol. The first kappa shape index (κ1) is 15.5. The Morgan fingerprint density at radius 2 is 1.71 bits per heavy atom. The van der Waals surface area contributed by atoms with Crippen LogP contribution in [0.5, 0.6) is 0 Å². The van der Waals surface area contributed by atoms with Gasteiger partial charge in [-0.15, -0.1) is 0 Å². The molecule has 0 unspecified atom stereocenters. The summed E-state index contributed by atoms with van der Waals surface area (Å²) in [6, 6.07) is 3.44. The number of benzene rings is 1. The minimum absolute atomic E-state index is 0.0238. The second kappa shape index (κ2) is 5.87. The highest BCUT2D eigenvalue weighted by Crippen LogP contribution is 2.25. The normalized spacial score (nSPS) is 21.4. The molecule has 1 aliphatic carbocycles. The number of hydrogen-bond donors (Lipinski definition) is 2. The van der Waals surface area contributed by atoms with Crippen LogP contribution in [0.2, 0.25) is 0 Å². The molecule has 2 rings (SSSR count). The number of amides is 1. The van der Waals surface area contributed by atoms with E-state index in [0.717, 1.165) is 6.07 Å². The van der Waals surface area contributed by atoms with Crippen LogP contribution in [-0.2, 0) is 4.74 Å². The first-order valence-corrected chi connectivity index (χ1v) is 6.93. The summed E-state index contributed by atoms with van der Waals surface area (Å²) < 4.78 is 31.3. The van der Waals surface area contributed by atoms with Gasteiger partial charge in [0.25, 0.3) is 0 Å². The molecule has 0 atom stereocenters. The SMILES string of the molecule is CC(C)(C)OC(=O)NC1CC(Nc2cc(F)cc(F)c2)C1. The van der Waals surface area contributed by atoms with Gasteiger partial charge in [-0.2, -0.15) is 0 Å². The Bertz CT molecular complexity index is 503. The number of ether oxygens (including phenoxy) is 1. The summed E-state index contributed by atoms with van der Waals surface area (Å²) in [5.74, 6) is -1.22. The van der Waals surface area contributed by atoms with Gasteiger partial charge in [0.2, 0.25) is 0 Å². The fourth-order valence-corrected chi connectivity index (χ4v) is 2.20. The van der Waals surface area contributed by atoms with Crippen LogP contribution in [-0.4, -0.2) is 23.8 Å². The zero-order chi connectivity index (χ0) is 15.6. The fourth-order valence-electron chi connectivity index (χ4n) is 2.20. The molecule has 0 aromatic heterocycles. The van der Waals surface area contributed by atoms with E-state index in [1.165, 1.54) is 12.1 Å². The van der Waals surface area contributed by atoms with E-state index in [9.17, 15) is 13.6 Å². The average Bonchev–Trinajstić information content (AvgIpc) is 2.21. The number of rotatable bonds is 3. The van der Waals surface area contributed by atoms with Crippen LogP contribution >= 0.6 is 0 Å². The number of anilines is 1. The maximum absolute atomic E-state index is 13.1. The van der Waals surface area contributed by atoms with Crippen molar-refractivity contribution in [3.63, 3.8) is 0 Å². The van der Waals surface area contributed by atoms with Gasteiger partial charge in [-0.1, -0.05) is 0 Å². The maximum atomic E-state index is 13.1. The fraction of sp³-hybridized carbons (Fsp3) is 0.533. The molecule has 2 N–H and O–H groups in total. The number of carbonyl (C=O) groups is 1. The third kappa shape index (κ3) is 4.88. The summed E-state index contributed by atoms with van der Waals surface area (Å²) >= 11 is 0. The lowest BCUT2D eigenvalue weighted by Gasteiger charge is -2.37. The van der Waals surface area contributed by atoms with Crippen LogP contribution in [0, 0.1) is 11.6 Å². The number of carbonyl (C=O) groups excluding carboxylic acids is 1. The van der Waals surface area contributed by atoms with Crippen LogP contribution in [0.3, 0.4) is 0 Å². The summed E-state index contributed by atoms with van der Waals surface area (Å²) in [6.07, 6.45) is 0.942. The molecule has 1 saturated carbocycles. The summed E-state index contributed by atoms with van der Waals surface area (Å²) in [7, 11) is 0. The molecule has 21 heavy (non-hydrogen) atoms. The second-order valence-corrected chi connectivity index (χ2v) is 6.31. The molecule has 0 heterocycles. The van der Waals surface area contributed by atoms with Crippen molar-refractivity contribution in [2.45, 2.75) is 51.3 Å². The first-order valence-electron chi connectivity index (χ1n) is 6.93. The Labute approximate surface area is 122 Å². The third-order valence-electron chi connectivity index (χ3n) is 3.09. The van der Waals surface area contributed by atoms with Crippen LogP contribution in [0.4, 0.5) is 19.3 Å². The largest absolute Gasteiger partial charge is 0.444 e. The zero-order valence-electron chi connectivity index (χ0n) is 12.4. The van der Waals surface area contributed by atoms with Crippen LogP contribution in [0.15, 0.2) is 18.2 Å². The van der Waals surface area contributed by atoms with Crippen LogP contribution < -0.4 is 10.6 Å². The lowest BCUT2D eigenvalue weighted by molar-refractivity contribution is 0.0475. The molecule has 1 aromatic carbocycles. The van der Waals surface area contributed by atoms with E-state index in [0.29, 0.717) is 18.5 Å². The molecule has 1 fully saturated rings. The van der Waals surface area contributed by atoms with Crippen molar-refractivity contribution in [2.75, 3.05) is 5.32 Å². The Morgan fingerprint density at radius 3 is 2.24 bits per heavy atom. The monoisotopic (exact) mass is 298 g/mol. The second-order valence-electron chi connectivity index (χ2n) is 6.31. The quantitative estimate of drug-likeness (QED) is 0.899. The third-order valence-corrected chi connectivity index (χ3v) is 3.09. The van der Waals surface area contributed by atoms with Crippen molar-refractivity contribution < 1.29 is 18.3 Å². The Hall–Kier alpha value is -1.85. The lowest BCUT2D eigenvalue weighted by Crippen LogP contribution is -2.50. The van der Waals surface area contributed by atoms with Crippen LogP contribution in [0.25, 0.3) is 0 Å². The standard InChI is InChI=1S/C15H20F2N2O2/c1-15(2,3)21-14(20)19-13-7-12(8-13)18-11-5-9(16)4-10(17)6-11/h4-6,12-13,18H,7-8H2,1-3H3,(H,19,20). The van der Waals surface area contributed by atoms with Gasteiger partial charge in [0, 0.05) is 23.8 Å². The molecule has 6 heteroatoms. The molecule has 0 aliphatic heterocycles. The summed E-state index contributed by atoms with van der Waals surface area (Å²) in [6.45, 7) is 5.41. The molecular formula is C15H20F2N2O2. The van der Waals surface area contributed by atoms with Crippen molar-refractivity contribution in [1.29, 1.82) is 0 Å². The Kier molecular flexibility index (Phi) is 4.34. The highest BCUT2D eigenvalue weighted by atomic mass is 19.1. The molecule has 4 nitrogen and oxygen atoms in total. The van der Waals surface area contributed by atoms with Crippen molar-refractivity contribution in [3.8, 4) is 0 Å². The van der Waals surface area contributed by atoms with Gasteiger partial charge in [-0.25, -0.2) is 13.6 Å². The van der Waals surface area contributed by atoms with E-state index >= 15 is 0 Å². The summed E-state index contributed by atoms with van der Waals surface area (Å²) in [4.78, 5) is 11.6. The number of hydrogen-bond acceptors (Lipinski definition) is 3. The van der Waals surface area contributed by atoms with Gasteiger partial charge in [-0.05, 0) is 45.7 Å². The minimum atomic E-state index is -0.611. The highest BCUT2D eigenvalue weighted by Gasteiger charge is 2.31. The Morgan fingerprint density at radius 1 is 1.14 bits per heavy atom. The smallest absolute Gasteiger partial charge is 0.407 e. The molecule has 0 spiro atoms. The van der Waals surface area contributed by atoms with E-state index in [1.807, 2.05) is 0 Å². The molecule has 116 valence electrons. The summed E-state index contributed by atoms with van der Waals surface area (Å²) in [5, 5.41) is 5.80. The molecule has 0 saturated heterocycles. The summed E-state index contributed by atoms with van der Waals surface area (Å²) in [5.41, 5.74) is -0.113. The van der Waals surface area contributed by atoms with Gasteiger partial charge in [0.05, 0.1) is 0 Å². The topological polar surface area (TPSA) is 50.4 Å². The maximum Gasteiger partial charge on any atom is 0.407 e. The van der Waals surface area contributed by atoms with Gasteiger partial charge in [0.1, 0.15) is 17.2 Å². The molecule has 0 radical (unpaired) electrons. The first-order chi connectivity index (χ1) is 9.71. The molecule has 1 aliphatic rings. The number of alkyl carbamates (subject to hydrolysis) is 1. The van der Waals surface area contributed by atoms with Crippen molar-refractivity contribution >= 4 is 11.8 Å². The van der Waals surface area contributed by atoms with Crippen molar-refractivity contribution in [3.05, 3.63) is 29.8 Å². The number of halogens is 2. The molecular weight excluding hydrogens is 278 g/mol. The number of nitrogens with one attached hydrogen (secondary N) is 2. The lowest BCUT2D eigenvalue weighted by atomic mass is 9.86. The highest BCUT2D eigenvalue weighted by molar-refractivity contribution is 5.68. The van der Waals surface area contributed by atoms with Crippen molar-refractivity contribution in [1.82, 2.24) is 5.32 Å². The molecule has 1 amide bonds. The van der Waals surface area contributed by atoms with E-state index in [4.69, 9.17) is 4.74 Å². The van der Waals surface area contributed by atoms with Gasteiger partial charge in [-0.3, -0.25) is 0 Å². The van der Waals surface area contributed by atoms with E-state index in [2.05, 4.69) is 10.6 Å². The minimum Gasteiger partial charge on any atom is -0.444 e. The van der Waals surface area contributed by atoms with E-state index in [1.54, 1.807) is 20.8 Å². The molecule has 0 bridgehead atoms. The van der Waals surface area contributed by atoms with Gasteiger partial charge >= 0.3 is 6.09 Å². The molecule has 1 aromatic rings. The van der Waals surface area contributed by atoms with Crippen molar-refractivity contribution in [2.24, 2.45) is 0 Å². The van der Waals surface area contributed by atoms with E-state index < -0.39 is 23.3 Å². The predicted molar refractivity (Wildman–Crippen MR) is 76.2 cm³/mol. The van der Waals surface area contributed by atoms with Crippen LogP contribution in [0.1, 0.15) is 33.6 Å². The predicted octanol–water partition coefficient (Wildman–Crippen LogP) is 3.43. The Balaban J connectivity index is 1.75. The zero-order valence-corrected chi connectivity index (χ0v) is 12.4. The van der Waals surface area contributed by atoms with Gasteiger partial charge < -0.3 is 15.4 Å². The van der Waals surface area contributed by atoms with E-state index in [-0.39, 0.29) is 12.1 Å².